The van der Waals surface area contributed by atoms with Gasteiger partial charge < -0.3 is 10.2 Å². The van der Waals surface area contributed by atoms with Crippen LogP contribution >= 0.6 is 0 Å². The zero-order valence-corrected chi connectivity index (χ0v) is 16.9. The fourth-order valence-electron chi connectivity index (χ4n) is 5.22. The highest BCUT2D eigenvalue weighted by atomic mass is 16.2. The molecule has 1 N–H and O–H groups in total. The highest BCUT2D eigenvalue weighted by Gasteiger charge is 2.60. The van der Waals surface area contributed by atoms with Gasteiger partial charge in [0.05, 0.1) is 5.41 Å². The van der Waals surface area contributed by atoms with Crippen LogP contribution in [0.5, 0.6) is 0 Å². The zero-order valence-electron chi connectivity index (χ0n) is 16.9. The molecule has 2 heterocycles. The van der Waals surface area contributed by atoms with E-state index in [1.54, 1.807) is 6.92 Å². The number of rotatable bonds is 6. The van der Waals surface area contributed by atoms with E-state index in [1.807, 2.05) is 65.6 Å². The van der Waals surface area contributed by atoms with Crippen molar-refractivity contribution in [3.05, 3.63) is 77.9 Å². The Morgan fingerprint density at radius 1 is 1.07 bits per heavy atom. The normalized spacial score (nSPS) is 25.5. The number of carbonyl (C=O) groups is 2. The first-order valence-electron chi connectivity index (χ1n) is 10.4. The van der Waals surface area contributed by atoms with Gasteiger partial charge in [-0.3, -0.25) is 9.59 Å². The van der Waals surface area contributed by atoms with Gasteiger partial charge in [-0.2, -0.15) is 0 Å². The van der Waals surface area contributed by atoms with Crippen LogP contribution in [0, 0.1) is 5.41 Å². The standard InChI is InChI=1S/C25H28N2O2/c1-19(28)27-22-14-15-23(27)25(18-22,17-21-11-6-3-7-12-21)24(29)26-16-8-13-20-9-4-2-5-10-20/h2-13,22-23H,14-18H2,1H3,(H,26,29)/b13-8+/t22-,23+,25+/m0/s1. The quantitative estimate of drug-likeness (QED) is 0.818. The van der Waals surface area contributed by atoms with Crippen molar-refractivity contribution < 1.29 is 9.59 Å². The predicted octanol–water partition coefficient (Wildman–Crippen LogP) is 3.83. The van der Waals surface area contributed by atoms with E-state index in [0.29, 0.717) is 13.0 Å². The molecule has 0 unspecified atom stereocenters. The van der Waals surface area contributed by atoms with Crippen LogP contribution in [0.25, 0.3) is 6.08 Å². The van der Waals surface area contributed by atoms with Crippen molar-refractivity contribution in [2.45, 2.75) is 44.7 Å². The van der Waals surface area contributed by atoms with E-state index in [2.05, 4.69) is 17.4 Å². The summed E-state index contributed by atoms with van der Waals surface area (Å²) in [7, 11) is 0. The Bertz CT molecular complexity index is 894. The fraction of sp³-hybridized carbons (Fsp3) is 0.360. The van der Waals surface area contributed by atoms with E-state index < -0.39 is 5.41 Å². The maximum Gasteiger partial charge on any atom is 0.228 e. The van der Waals surface area contributed by atoms with Crippen molar-refractivity contribution in [2.75, 3.05) is 6.54 Å². The molecule has 2 aliphatic rings. The average molecular weight is 389 g/mol. The average Bonchev–Trinajstić information content (AvgIpc) is 3.29. The first-order valence-corrected chi connectivity index (χ1v) is 10.4. The third kappa shape index (κ3) is 3.84. The van der Waals surface area contributed by atoms with Crippen LogP contribution in [-0.2, 0) is 16.0 Å². The van der Waals surface area contributed by atoms with E-state index in [9.17, 15) is 9.59 Å². The Balaban J connectivity index is 1.52. The lowest BCUT2D eigenvalue weighted by Gasteiger charge is -2.36. The number of hydrogen-bond donors (Lipinski definition) is 1. The highest BCUT2D eigenvalue weighted by molar-refractivity contribution is 5.87. The van der Waals surface area contributed by atoms with Crippen molar-refractivity contribution in [3.63, 3.8) is 0 Å². The third-order valence-corrected chi connectivity index (χ3v) is 6.41. The molecule has 2 amide bonds. The molecule has 3 atom stereocenters. The second kappa shape index (κ2) is 8.24. The van der Waals surface area contributed by atoms with Crippen LogP contribution in [0.4, 0.5) is 0 Å². The van der Waals surface area contributed by atoms with Gasteiger partial charge in [-0.15, -0.1) is 0 Å². The number of carbonyl (C=O) groups excluding carboxylic acids is 2. The number of nitrogens with one attached hydrogen (secondary N) is 1. The van der Waals surface area contributed by atoms with Gasteiger partial charge in [0.15, 0.2) is 0 Å². The van der Waals surface area contributed by atoms with E-state index in [1.165, 1.54) is 0 Å². The Morgan fingerprint density at radius 2 is 1.76 bits per heavy atom. The number of amides is 2. The minimum atomic E-state index is -0.545. The van der Waals surface area contributed by atoms with Crippen molar-refractivity contribution in [1.82, 2.24) is 10.2 Å². The molecule has 4 heteroatoms. The SMILES string of the molecule is CC(=O)N1[C@H]2CC[C@@H]1[C@](Cc1ccccc1)(C(=O)NC/C=C/c1ccccc1)C2. The molecule has 2 aromatic rings. The van der Waals surface area contributed by atoms with Crippen molar-refractivity contribution in [1.29, 1.82) is 0 Å². The third-order valence-electron chi connectivity index (χ3n) is 6.41. The van der Waals surface area contributed by atoms with Crippen LogP contribution in [0.3, 0.4) is 0 Å². The van der Waals surface area contributed by atoms with Gasteiger partial charge in [-0.1, -0.05) is 72.8 Å². The summed E-state index contributed by atoms with van der Waals surface area (Å²) >= 11 is 0. The lowest BCUT2D eigenvalue weighted by molar-refractivity contribution is -0.135. The molecule has 0 aromatic heterocycles. The molecule has 0 saturated carbocycles. The van der Waals surface area contributed by atoms with Gasteiger partial charge in [0.25, 0.3) is 0 Å². The first kappa shape index (κ1) is 19.4. The topological polar surface area (TPSA) is 49.4 Å². The van der Waals surface area contributed by atoms with Crippen LogP contribution in [0.1, 0.15) is 37.3 Å². The first-order chi connectivity index (χ1) is 14.1. The van der Waals surface area contributed by atoms with Gasteiger partial charge in [0, 0.05) is 25.6 Å². The van der Waals surface area contributed by atoms with Gasteiger partial charge >= 0.3 is 0 Å². The van der Waals surface area contributed by atoms with Gasteiger partial charge in [-0.25, -0.2) is 0 Å². The summed E-state index contributed by atoms with van der Waals surface area (Å²) in [4.78, 5) is 27.7. The van der Waals surface area contributed by atoms with E-state index in [-0.39, 0.29) is 23.9 Å². The van der Waals surface area contributed by atoms with Crippen LogP contribution < -0.4 is 5.32 Å². The maximum absolute atomic E-state index is 13.5. The smallest absolute Gasteiger partial charge is 0.228 e. The van der Waals surface area contributed by atoms with Gasteiger partial charge in [0.1, 0.15) is 0 Å². The highest BCUT2D eigenvalue weighted by Crippen LogP contribution is 2.51. The Labute approximate surface area is 172 Å². The molecule has 2 bridgehead atoms. The van der Waals surface area contributed by atoms with Crippen LogP contribution in [-0.4, -0.2) is 35.3 Å². The van der Waals surface area contributed by atoms with Crippen molar-refractivity contribution in [3.8, 4) is 0 Å². The van der Waals surface area contributed by atoms with E-state index in [4.69, 9.17) is 0 Å². The number of benzene rings is 2. The Kier molecular flexibility index (Phi) is 5.52. The summed E-state index contributed by atoms with van der Waals surface area (Å²) in [6.45, 7) is 2.12. The summed E-state index contributed by atoms with van der Waals surface area (Å²) in [5, 5.41) is 3.14. The van der Waals surface area contributed by atoms with Crippen LogP contribution in [0.2, 0.25) is 0 Å². The Hall–Kier alpha value is -2.88. The predicted molar refractivity (Wildman–Crippen MR) is 115 cm³/mol. The zero-order chi connectivity index (χ0) is 20.3. The summed E-state index contributed by atoms with van der Waals surface area (Å²) in [5.74, 6) is 0.154. The van der Waals surface area contributed by atoms with Gasteiger partial charge in [0.2, 0.25) is 11.8 Å². The van der Waals surface area contributed by atoms with Crippen LogP contribution in [0.15, 0.2) is 66.7 Å². The lowest BCUT2D eigenvalue weighted by Crippen LogP contribution is -2.51. The number of hydrogen-bond acceptors (Lipinski definition) is 2. The largest absolute Gasteiger partial charge is 0.352 e. The second-order valence-electron chi connectivity index (χ2n) is 8.22. The molecule has 2 aromatic carbocycles. The number of fused-ring (bicyclic) bond motifs is 2. The van der Waals surface area contributed by atoms with Gasteiger partial charge in [-0.05, 0) is 36.8 Å². The van der Waals surface area contributed by atoms with E-state index in [0.717, 1.165) is 30.4 Å². The molecule has 29 heavy (non-hydrogen) atoms. The molecule has 2 aliphatic heterocycles. The molecule has 0 aliphatic carbocycles. The summed E-state index contributed by atoms with van der Waals surface area (Å²) in [6.07, 6.45) is 7.34. The second-order valence-corrected chi connectivity index (χ2v) is 8.22. The molecule has 4 nitrogen and oxygen atoms in total. The monoisotopic (exact) mass is 388 g/mol. The Morgan fingerprint density at radius 3 is 2.41 bits per heavy atom. The molecular formula is C25H28N2O2. The lowest BCUT2D eigenvalue weighted by atomic mass is 9.69. The summed E-state index contributed by atoms with van der Waals surface area (Å²) in [5.41, 5.74) is 1.72. The minimum Gasteiger partial charge on any atom is -0.352 e. The molecular weight excluding hydrogens is 360 g/mol. The molecule has 4 rings (SSSR count). The number of nitrogens with zero attached hydrogens (tertiary/aromatic N) is 1. The van der Waals surface area contributed by atoms with E-state index >= 15 is 0 Å². The summed E-state index contributed by atoms with van der Waals surface area (Å²) < 4.78 is 0. The summed E-state index contributed by atoms with van der Waals surface area (Å²) in [6, 6.07) is 20.4. The molecule has 2 fully saturated rings. The molecule has 0 spiro atoms. The van der Waals surface area contributed by atoms with Crippen molar-refractivity contribution in [2.24, 2.45) is 5.41 Å². The minimum absolute atomic E-state index is 0.0108. The molecule has 0 radical (unpaired) electrons. The molecule has 2 saturated heterocycles. The molecule has 150 valence electrons. The maximum atomic E-state index is 13.5. The fourth-order valence-corrected chi connectivity index (χ4v) is 5.22. The van der Waals surface area contributed by atoms with Crippen molar-refractivity contribution >= 4 is 17.9 Å².